The van der Waals surface area contributed by atoms with Gasteiger partial charge in [-0.05, 0) is 11.6 Å². The van der Waals surface area contributed by atoms with Crippen LogP contribution >= 0.6 is 0 Å². The Bertz CT molecular complexity index is 584. The number of fused-ring (bicyclic) bond motifs is 1. The molecule has 0 aliphatic heterocycles. The first kappa shape index (κ1) is 12.5. The number of hydrogen-bond acceptors (Lipinski definition) is 2. The molecule has 0 radical (unpaired) electrons. The molecule has 0 aliphatic rings. The summed E-state index contributed by atoms with van der Waals surface area (Å²) >= 11 is 0. The molecule has 1 aromatic heterocycles. The number of ether oxygens (including phenoxy) is 1. The zero-order chi connectivity index (χ0) is 13.3. The van der Waals surface area contributed by atoms with Crippen LogP contribution in [0.1, 0.15) is 25.8 Å². The second-order valence-electron chi connectivity index (χ2n) is 5.04. The zero-order valence-electron chi connectivity index (χ0n) is 10.8. The van der Waals surface area contributed by atoms with Crippen molar-refractivity contribution in [2.24, 2.45) is 0 Å². The number of nitrogens with one attached hydrogen (secondary N) is 1. The average Bonchev–Trinajstić information content (AvgIpc) is 2.71. The van der Waals surface area contributed by atoms with Gasteiger partial charge < -0.3 is 14.8 Å². The van der Waals surface area contributed by atoms with E-state index in [0.29, 0.717) is 0 Å². The van der Waals surface area contributed by atoms with Gasteiger partial charge in [0.15, 0.2) is 0 Å². The fourth-order valence-corrected chi connectivity index (χ4v) is 2.33. The van der Waals surface area contributed by atoms with E-state index in [9.17, 15) is 4.79 Å². The van der Waals surface area contributed by atoms with E-state index in [4.69, 9.17) is 9.84 Å². The Kier molecular flexibility index (Phi) is 3.03. The first-order valence-electron chi connectivity index (χ1n) is 5.82. The van der Waals surface area contributed by atoms with Crippen LogP contribution in [0.15, 0.2) is 24.4 Å². The van der Waals surface area contributed by atoms with Gasteiger partial charge in [-0.25, -0.2) is 0 Å². The second-order valence-corrected chi connectivity index (χ2v) is 5.04. The van der Waals surface area contributed by atoms with E-state index >= 15 is 0 Å². The highest BCUT2D eigenvalue weighted by atomic mass is 16.5. The summed E-state index contributed by atoms with van der Waals surface area (Å²) in [6.45, 7) is 3.87. The van der Waals surface area contributed by atoms with Gasteiger partial charge in [0.1, 0.15) is 5.75 Å². The van der Waals surface area contributed by atoms with E-state index in [-0.39, 0.29) is 6.42 Å². The molecule has 0 saturated heterocycles. The fraction of sp³-hybridized carbons (Fsp3) is 0.357. The van der Waals surface area contributed by atoms with Gasteiger partial charge in [-0.1, -0.05) is 26.0 Å². The first-order chi connectivity index (χ1) is 8.45. The Hall–Kier alpha value is -1.97. The van der Waals surface area contributed by atoms with Crippen LogP contribution in [-0.2, 0) is 10.2 Å². The van der Waals surface area contributed by atoms with Crippen LogP contribution in [0.4, 0.5) is 0 Å². The van der Waals surface area contributed by atoms with Crippen LogP contribution in [0.25, 0.3) is 10.9 Å². The molecule has 18 heavy (non-hydrogen) atoms. The molecule has 0 aliphatic carbocycles. The Morgan fingerprint density at radius 3 is 2.78 bits per heavy atom. The van der Waals surface area contributed by atoms with E-state index in [0.717, 1.165) is 22.2 Å². The van der Waals surface area contributed by atoms with Crippen LogP contribution in [0, 0.1) is 0 Å². The minimum Gasteiger partial charge on any atom is -0.495 e. The van der Waals surface area contributed by atoms with E-state index in [2.05, 4.69) is 4.98 Å². The molecule has 4 heteroatoms. The van der Waals surface area contributed by atoms with Crippen molar-refractivity contribution in [2.75, 3.05) is 7.11 Å². The highest BCUT2D eigenvalue weighted by Gasteiger charge is 2.27. The number of carbonyl (C=O) groups is 1. The molecule has 2 aromatic rings. The quantitative estimate of drug-likeness (QED) is 0.873. The van der Waals surface area contributed by atoms with Gasteiger partial charge in [0.2, 0.25) is 0 Å². The SMILES string of the molecule is COc1cccc2c(C(C)(C)CC(=O)O)c[nH]c12. The number of aromatic nitrogens is 1. The van der Waals surface area contributed by atoms with Crippen LogP contribution in [-0.4, -0.2) is 23.2 Å². The number of para-hydroxylation sites is 1. The number of hydrogen-bond donors (Lipinski definition) is 2. The minimum absolute atomic E-state index is 0.0944. The van der Waals surface area contributed by atoms with Gasteiger partial charge in [0.25, 0.3) is 0 Å². The summed E-state index contributed by atoms with van der Waals surface area (Å²) in [5, 5.41) is 10.0. The van der Waals surface area contributed by atoms with Gasteiger partial charge in [-0.15, -0.1) is 0 Å². The normalized spacial score (nSPS) is 11.7. The van der Waals surface area contributed by atoms with Crippen LogP contribution < -0.4 is 4.74 Å². The summed E-state index contributed by atoms with van der Waals surface area (Å²) < 4.78 is 5.29. The predicted octanol–water partition coefficient (Wildman–Crippen LogP) is 2.93. The molecule has 1 heterocycles. The van der Waals surface area contributed by atoms with Crippen LogP contribution in [0.5, 0.6) is 5.75 Å². The third-order valence-corrected chi connectivity index (χ3v) is 3.22. The third-order valence-electron chi connectivity index (χ3n) is 3.22. The Balaban J connectivity index is 2.56. The van der Waals surface area contributed by atoms with Crippen molar-refractivity contribution in [2.45, 2.75) is 25.7 Å². The highest BCUT2D eigenvalue weighted by molar-refractivity contribution is 5.89. The second kappa shape index (κ2) is 4.37. The Morgan fingerprint density at radius 2 is 2.17 bits per heavy atom. The van der Waals surface area contributed by atoms with Crippen LogP contribution in [0.2, 0.25) is 0 Å². The Morgan fingerprint density at radius 1 is 1.44 bits per heavy atom. The lowest BCUT2D eigenvalue weighted by Crippen LogP contribution is -2.21. The third kappa shape index (κ3) is 2.06. The molecule has 0 atom stereocenters. The maximum Gasteiger partial charge on any atom is 0.304 e. The van der Waals surface area contributed by atoms with Crippen molar-refractivity contribution in [3.05, 3.63) is 30.0 Å². The topological polar surface area (TPSA) is 62.3 Å². The van der Waals surface area contributed by atoms with Gasteiger partial charge in [-0.3, -0.25) is 4.79 Å². The number of aromatic amines is 1. The number of benzene rings is 1. The predicted molar refractivity (Wildman–Crippen MR) is 70.1 cm³/mol. The summed E-state index contributed by atoms with van der Waals surface area (Å²) in [5.41, 5.74) is 1.49. The van der Waals surface area contributed by atoms with Gasteiger partial charge in [0.05, 0.1) is 19.0 Å². The summed E-state index contributed by atoms with van der Waals surface area (Å²) in [7, 11) is 1.62. The van der Waals surface area contributed by atoms with Gasteiger partial charge >= 0.3 is 5.97 Å². The molecule has 0 unspecified atom stereocenters. The maximum atomic E-state index is 10.9. The van der Waals surface area contributed by atoms with Gasteiger partial charge in [-0.2, -0.15) is 0 Å². The van der Waals surface area contributed by atoms with Crippen molar-refractivity contribution in [3.63, 3.8) is 0 Å². The minimum atomic E-state index is -0.794. The fourth-order valence-electron chi connectivity index (χ4n) is 2.33. The van der Waals surface area contributed by atoms with Crippen molar-refractivity contribution >= 4 is 16.9 Å². The number of rotatable bonds is 4. The standard InChI is InChI=1S/C14H17NO3/c1-14(2,7-12(16)17)10-8-15-13-9(10)5-4-6-11(13)18-3/h4-6,8,15H,7H2,1-3H3,(H,16,17). The zero-order valence-corrected chi connectivity index (χ0v) is 10.8. The first-order valence-corrected chi connectivity index (χ1v) is 5.82. The van der Waals surface area contributed by atoms with Gasteiger partial charge in [0, 0.05) is 17.0 Å². The number of H-pyrrole nitrogens is 1. The molecule has 0 saturated carbocycles. The van der Waals surface area contributed by atoms with E-state index in [1.807, 2.05) is 38.2 Å². The van der Waals surface area contributed by atoms with Crippen molar-refractivity contribution in [1.29, 1.82) is 0 Å². The molecule has 2 rings (SSSR count). The van der Waals surface area contributed by atoms with Crippen LogP contribution in [0.3, 0.4) is 0 Å². The summed E-state index contributed by atoms with van der Waals surface area (Å²) in [6.07, 6.45) is 1.97. The summed E-state index contributed by atoms with van der Waals surface area (Å²) in [4.78, 5) is 14.1. The van der Waals surface area contributed by atoms with Crippen molar-refractivity contribution in [1.82, 2.24) is 4.98 Å². The van der Waals surface area contributed by atoms with E-state index in [1.54, 1.807) is 7.11 Å². The lowest BCUT2D eigenvalue weighted by atomic mass is 9.81. The average molecular weight is 247 g/mol. The highest BCUT2D eigenvalue weighted by Crippen LogP contribution is 2.35. The lowest BCUT2D eigenvalue weighted by molar-refractivity contribution is -0.138. The Labute approximate surface area is 106 Å². The number of aliphatic carboxylic acids is 1. The van der Waals surface area contributed by atoms with Crippen molar-refractivity contribution < 1.29 is 14.6 Å². The monoisotopic (exact) mass is 247 g/mol. The number of methoxy groups -OCH3 is 1. The van der Waals surface area contributed by atoms with E-state index < -0.39 is 11.4 Å². The van der Waals surface area contributed by atoms with Crippen molar-refractivity contribution in [3.8, 4) is 5.75 Å². The molecule has 0 fully saturated rings. The lowest BCUT2D eigenvalue weighted by Gasteiger charge is -2.22. The molecule has 0 amide bonds. The summed E-state index contributed by atoms with van der Waals surface area (Å²) in [6, 6.07) is 5.77. The summed E-state index contributed by atoms with van der Waals surface area (Å²) in [5.74, 6) is -0.0258. The largest absolute Gasteiger partial charge is 0.495 e. The molecule has 4 nitrogen and oxygen atoms in total. The molecule has 0 spiro atoms. The smallest absolute Gasteiger partial charge is 0.304 e. The van der Waals surface area contributed by atoms with E-state index in [1.165, 1.54) is 0 Å². The molecule has 1 aromatic carbocycles. The number of carboxylic acid groups (broad SMARTS) is 1. The molecule has 2 N–H and O–H groups in total. The molecular weight excluding hydrogens is 230 g/mol. The molecule has 0 bridgehead atoms. The molecule has 96 valence electrons. The maximum absolute atomic E-state index is 10.9. The number of carboxylic acids is 1. The molecular formula is C14H17NO3.